The number of rotatable bonds is 2. The maximum atomic E-state index is 12.5. The highest BCUT2D eigenvalue weighted by molar-refractivity contribution is 6.16. The van der Waals surface area contributed by atoms with Gasteiger partial charge in [-0.2, -0.15) is 0 Å². The number of benzene rings is 1. The lowest BCUT2D eigenvalue weighted by molar-refractivity contribution is 0.0527. The van der Waals surface area contributed by atoms with Crippen molar-refractivity contribution in [3.8, 4) is 0 Å². The zero-order valence-electron chi connectivity index (χ0n) is 13.1. The van der Waals surface area contributed by atoms with Crippen molar-refractivity contribution in [3.05, 3.63) is 51.6 Å². The molecular weight excluding hydrogens is 296 g/mol. The first-order valence-corrected chi connectivity index (χ1v) is 7.28. The molecule has 0 bridgehead atoms. The molecule has 23 heavy (non-hydrogen) atoms. The number of para-hydroxylation sites is 1. The van der Waals surface area contributed by atoms with Gasteiger partial charge in [-0.25, -0.2) is 4.79 Å². The Bertz CT molecular complexity index is 1010. The summed E-state index contributed by atoms with van der Waals surface area (Å²) in [6.07, 6.45) is 0. The number of carbonyl (C=O) groups excluding carboxylic acids is 1. The Morgan fingerprint density at radius 2 is 1.91 bits per heavy atom. The third-order valence-electron chi connectivity index (χ3n) is 3.85. The van der Waals surface area contributed by atoms with Crippen LogP contribution in [-0.4, -0.2) is 27.5 Å². The van der Waals surface area contributed by atoms with E-state index in [0.717, 1.165) is 0 Å². The van der Waals surface area contributed by atoms with Crippen LogP contribution < -0.4 is 5.56 Å². The quantitative estimate of drug-likeness (QED) is 0.447. The van der Waals surface area contributed by atoms with E-state index in [1.54, 1.807) is 45.0 Å². The predicted octanol–water partition coefficient (Wildman–Crippen LogP) is 2.58. The Balaban J connectivity index is 2.64. The van der Waals surface area contributed by atoms with Crippen LogP contribution in [0.15, 0.2) is 29.1 Å². The minimum absolute atomic E-state index is 0.222. The van der Waals surface area contributed by atoms with Gasteiger partial charge < -0.3 is 9.94 Å². The highest BCUT2D eigenvalue weighted by atomic mass is 16.5. The van der Waals surface area contributed by atoms with Gasteiger partial charge in [0.1, 0.15) is 0 Å². The molecule has 118 valence electrons. The van der Waals surface area contributed by atoms with Crippen LogP contribution in [0.2, 0.25) is 0 Å². The minimum Gasteiger partial charge on any atom is -0.462 e. The Morgan fingerprint density at radius 1 is 1.22 bits per heavy atom. The van der Waals surface area contributed by atoms with Gasteiger partial charge >= 0.3 is 5.97 Å². The second kappa shape index (κ2) is 5.39. The molecular formula is C17H16N2O4. The molecule has 3 aromatic rings. The lowest BCUT2D eigenvalue weighted by Gasteiger charge is -2.14. The molecule has 2 heterocycles. The van der Waals surface area contributed by atoms with E-state index in [9.17, 15) is 14.8 Å². The Hall–Kier alpha value is -2.89. The van der Waals surface area contributed by atoms with Crippen LogP contribution in [0, 0.1) is 13.8 Å². The second-order valence-electron chi connectivity index (χ2n) is 5.26. The molecule has 0 atom stereocenters. The Morgan fingerprint density at radius 3 is 2.61 bits per heavy atom. The van der Waals surface area contributed by atoms with Gasteiger partial charge in [0.2, 0.25) is 0 Å². The summed E-state index contributed by atoms with van der Waals surface area (Å²) in [6, 6.07) is 6.87. The van der Waals surface area contributed by atoms with Crippen LogP contribution in [0.25, 0.3) is 21.7 Å². The fourth-order valence-electron chi connectivity index (χ4n) is 2.92. The van der Waals surface area contributed by atoms with E-state index >= 15 is 0 Å². The van der Waals surface area contributed by atoms with Crippen LogP contribution in [0.3, 0.4) is 0 Å². The first-order chi connectivity index (χ1) is 11.0. The summed E-state index contributed by atoms with van der Waals surface area (Å²) >= 11 is 0. The summed E-state index contributed by atoms with van der Waals surface area (Å²) in [5.41, 5.74) is 0.953. The molecule has 0 aliphatic heterocycles. The molecule has 0 amide bonds. The number of pyridine rings is 2. The second-order valence-corrected chi connectivity index (χ2v) is 5.26. The average molecular weight is 312 g/mol. The third kappa shape index (κ3) is 2.14. The number of hydrogen-bond acceptors (Lipinski definition) is 5. The topological polar surface area (TPSA) is 81.4 Å². The molecule has 0 aliphatic rings. The minimum atomic E-state index is -0.603. The number of esters is 1. The van der Waals surface area contributed by atoms with Crippen molar-refractivity contribution in [1.29, 1.82) is 0 Å². The van der Waals surface area contributed by atoms with Crippen LogP contribution in [0.5, 0.6) is 0 Å². The van der Waals surface area contributed by atoms with E-state index in [1.807, 2.05) is 0 Å². The molecule has 6 nitrogen and oxygen atoms in total. The summed E-state index contributed by atoms with van der Waals surface area (Å²) in [4.78, 5) is 29.2. The van der Waals surface area contributed by atoms with Crippen molar-refractivity contribution >= 4 is 27.6 Å². The summed E-state index contributed by atoms with van der Waals surface area (Å²) in [7, 11) is 0. The molecule has 0 fully saturated rings. The van der Waals surface area contributed by atoms with E-state index in [0.29, 0.717) is 32.4 Å². The number of ether oxygens (including phenoxy) is 1. The molecule has 0 radical (unpaired) electrons. The van der Waals surface area contributed by atoms with Gasteiger partial charge in [-0.15, -0.1) is 4.73 Å². The highest BCUT2D eigenvalue weighted by Gasteiger charge is 2.22. The van der Waals surface area contributed by atoms with Crippen LogP contribution in [0.1, 0.15) is 28.7 Å². The molecule has 2 aromatic heterocycles. The number of aryl methyl sites for hydroxylation is 2. The van der Waals surface area contributed by atoms with E-state index in [-0.39, 0.29) is 17.6 Å². The zero-order valence-corrected chi connectivity index (χ0v) is 13.1. The predicted molar refractivity (Wildman–Crippen MR) is 86.1 cm³/mol. The maximum Gasteiger partial charge on any atom is 0.340 e. The fourth-order valence-corrected chi connectivity index (χ4v) is 2.92. The lowest BCUT2D eigenvalue weighted by Crippen LogP contribution is -2.22. The van der Waals surface area contributed by atoms with Gasteiger partial charge in [-0.05, 0) is 26.8 Å². The summed E-state index contributed by atoms with van der Waals surface area (Å²) < 4.78 is 5.72. The van der Waals surface area contributed by atoms with Crippen molar-refractivity contribution in [2.75, 3.05) is 6.61 Å². The largest absolute Gasteiger partial charge is 0.462 e. The van der Waals surface area contributed by atoms with Gasteiger partial charge in [0.15, 0.2) is 0 Å². The molecule has 0 saturated carbocycles. The first kappa shape index (κ1) is 15.0. The van der Waals surface area contributed by atoms with E-state index in [4.69, 9.17) is 4.74 Å². The number of fused-ring (bicyclic) bond motifs is 3. The van der Waals surface area contributed by atoms with Gasteiger partial charge in [-0.1, -0.05) is 18.2 Å². The maximum absolute atomic E-state index is 12.5. The van der Waals surface area contributed by atoms with Crippen molar-refractivity contribution < 1.29 is 14.7 Å². The van der Waals surface area contributed by atoms with Gasteiger partial charge in [0, 0.05) is 10.8 Å². The van der Waals surface area contributed by atoms with Crippen LogP contribution in [0.4, 0.5) is 0 Å². The normalized spacial score (nSPS) is 11.1. The zero-order chi connectivity index (χ0) is 16.7. The standard InChI is InChI=1S/C17H16N2O4/c1-4-23-17(21)14-10(3)18-9(2)13-15(14)11-7-5-6-8-12(11)19(22)16(13)20/h5-8,22H,4H2,1-3H3. The van der Waals surface area contributed by atoms with E-state index in [1.165, 1.54) is 0 Å². The molecule has 6 heteroatoms. The molecule has 0 saturated heterocycles. The number of carbonyl (C=O) groups is 1. The van der Waals surface area contributed by atoms with Crippen molar-refractivity contribution in [3.63, 3.8) is 0 Å². The molecule has 0 spiro atoms. The van der Waals surface area contributed by atoms with E-state index < -0.39 is 11.5 Å². The van der Waals surface area contributed by atoms with Gasteiger partial charge in [0.05, 0.1) is 34.5 Å². The lowest BCUT2D eigenvalue weighted by atomic mass is 9.99. The summed E-state index contributed by atoms with van der Waals surface area (Å²) in [5, 5.41) is 11.4. The van der Waals surface area contributed by atoms with Gasteiger partial charge in [0.25, 0.3) is 5.56 Å². The Labute approximate surface area is 131 Å². The SMILES string of the molecule is CCOC(=O)c1c(C)nc(C)c2c(=O)n(O)c3ccccc3c12. The molecule has 0 aliphatic carbocycles. The van der Waals surface area contributed by atoms with E-state index in [2.05, 4.69) is 4.98 Å². The average Bonchev–Trinajstić information content (AvgIpc) is 2.52. The summed E-state index contributed by atoms with van der Waals surface area (Å²) in [5.74, 6) is -0.525. The van der Waals surface area contributed by atoms with Crippen LogP contribution >= 0.6 is 0 Å². The number of hydrogen-bond donors (Lipinski definition) is 1. The van der Waals surface area contributed by atoms with Crippen molar-refractivity contribution in [1.82, 2.24) is 9.71 Å². The summed E-state index contributed by atoms with van der Waals surface area (Å²) in [6.45, 7) is 5.33. The third-order valence-corrected chi connectivity index (χ3v) is 3.85. The molecule has 0 unspecified atom stereocenters. The monoisotopic (exact) mass is 312 g/mol. The number of nitrogens with zero attached hydrogens (tertiary/aromatic N) is 2. The van der Waals surface area contributed by atoms with Crippen molar-refractivity contribution in [2.24, 2.45) is 0 Å². The molecule has 1 N–H and O–H groups in total. The number of aromatic nitrogens is 2. The fraction of sp³-hybridized carbons (Fsp3) is 0.235. The first-order valence-electron chi connectivity index (χ1n) is 7.28. The van der Waals surface area contributed by atoms with Crippen LogP contribution in [-0.2, 0) is 4.74 Å². The van der Waals surface area contributed by atoms with Crippen molar-refractivity contribution in [2.45, 2.75) is 20.8 Å². The highest BCUT2D eigenvalue weighted by Crippen LogP contribution is 2.29. The molecule has 3 rings (SSSR count). The molecule has 1 aromatic carbocycles. The van der Waals surface area contributed by atoms with Gasteiger partial charge in [-0.3, -0.25) is 9.78 Å². The Kier molecular flexibility index (Phi) is 3.52. The smallest absolute Gasteiger partial charge is 0.340 e.